The highest BCUT2D eigenvalue weighted by molar-refractivity contribution is 7.18. The summed E-state index contributed by atoms with van der Waals surface area (Å²) in [5.74, 6) is 1.78. The second kappa shape index (κ2) is 7.17. The molecule has 6 nitrogen and oxygen atoms in total. The summed E-state index contributed by atoms with van der Waals surface area (Å²) in [6.07, 6.45) is 1.85. The van der Waals surface area contributed by atoms with E-state index in [0.717, 1.165) is 15.6 Å². The van der Waals surface area contributed by atoms with Crippen molar-refractivity contribution in [3.8, 4) is 16.3 Å². The van der Waals surface area contributed by atoms with E-state index in [1.165, 1.54) is 0 Å². The van der Waals surface area contributed by atoms with Crippen LogP contribution in [0.5, 0.6) is 5.88 Å². The molecule has 0 amide bonds. The lowest BCUT2D eigenvalue weighted by atomic mass is 10.2. The summed E-state index contributed by atoms with van der Waals surface area (Å²) in [5.41, 5.74) is 6.58. The lowest BCUT2D eigenvalue weighted by Gasteiger charge is -2.07. The molecular formula is C16H17N5OS. The highest BCUT2D eigenvalue weighted by atomic mass is 32.1. The Kier molecular flexibility index (Phi) is 4.80. The van der Waals surface area contributed by atoms with Crippen molar-refractivity contribution in [2.75, 3.05) is 18.5 Å². The second-order valence-electron chi connectivity index (χ2n) is 4.80. The van der Waals surface area contributed by atoms with Crippen LogP contribution in [0.25, 0.3) is 10.4 Å². The summed E-state index contributed by atoms with van der Waals surface area (Å²) in [6.45, 7) is 2.68. The van der Waals surface area contributed by atoms with Crippen LogP contribution >= 0.6 is 11.3 Å². The van der Waals surface area contributed by atoms with Gasteiger partial charge in [0.1, 0.15) is 18.2 Å². The zero-order chi connectivity index (χ0) is 16.1. The highest BCUT2D eigenvalue weighted by Gasteiger charge is 2.07. The fourth-order valence-corrected chi connectivity index (χ4v) is 2.85. The molecular weight excluding hydrogens is 310 g/mol. The van der Waals surface area contributed by atoms with Crippen LogP contribution in [-0.4, -0.2) is 28.1 Å². The van der Waals surface area contributed by atoms with Crippen LogP contribution in [0.3, 0.4) is 0 Å². The minimum atomic E-state index is 0.422. The maximum absolute atomic E-state index is 5.46. The maximum atomic E-state index is 5.46. The summed E-state index contributed by atoms with van der Waals surface area (Å²) < 4.78 is 5.46. The predicted molar refractivity (Wildman–Crippen MR) is 92.2 cm³/mol. The van der Waals surface area contributed by atoms with Gasteiger partial charge in [-0.25, -0.2) is 9.97 Å². The summed E-state index contributed by atoms with van der Waals surface area (Å²) >= 11 is 1.57. The standard InChI is InChI=1S/C16H17N5OS/c1-11-19-14(9-15(20-11)22-8-7-17)21-16-18-10-13(23-16)12-5-3-2-4-6-12/h2-6,9-10H,7-8,17H2,1H3,(H,18,19,20,21). The van der Waals surface area contributed by atoms with Crippen LogP contribution in [0.1, 0.15) is 5.82 Å². The molecule has 0 saturated heterocycles. The van der Waals surface area contributed by atoms with Crippen molar-refractivity contribution in [3.63, 3.8) is 0 Å². The van der Waals surface area contributed by atoms with E-state index in [0.29, 0.717) is 30.7 Å². The molecule has 0 unspecified atom stereocenters. The molecule has 0 atom stereocenters. The van der Waals surface area contributed by atoms with Gasteiger partial charge in [0.05, 0.1) is 4.88 Å². The fraction of sp³-hybridized carbons (Fsp3) is 0.188. The van der Waals surface area contributed by atoms with Crippen molar-refractivity contribution in [1.82, 2.24) is 15.0 Å². The summed E-state index contributed by atoms with van der Waals surface area (Å²) in [6, 6.07) is 11.9. The number of hydrogen-bond donors (Lipinski definition) is 2. The SMILES string of the molecule is Cc1nc(Nc2ncc(-c3ccccc3)s2)cc(OCCN)n1. The highest BCUT2D eigenvalue weighted by Crippen LogP contribution is 2.30. The zero-order valence-corrected chi connectivity index (χ0v) is 13.5. The lowest BCUT2D eigenvalue weighted by Crippen LogP contribution is -2.12. The number of nitrogens with one attached hydrogen (secondary N) is 1. The largest absolute Gasteiger partial charge is 0.476 e. The average molecular weight is 327 g/mol. The van der Waals surface area contributed by atoms with Gasteiger partial charge in [0, 0.05) is 18.8 Å². The third-order valence-electron chi connectivity index (χ3n) is 2.98. The third kappa shape index (κ3) is 4.02. The van der Waals surface area contributed by atoms with Gasteiger partial charge >= 0.3 is 0 Å². The Balaban J connectivity index is 1.77. The molecule has 118 valence electrons. The number of ether oxygens (including phenoxy) is 1. The van der Waals surface area contributed by atoms with Crippen molar-refractivity contribution in [3.05, 3.63) is 48.4 Å². The molecule has 0 aliphatic heterocycles. The molecule has 1 aromatic carbocycles. The first-order valence-electron chi connectivity index (χ1n) is 7.21. The van der Waals surface area contributed by atoms with Gasteiger partial charge in [0.25, 0.3) is 0 Å². The van der Waals surface area contributed by atoms with Crippen LogP contribution in [0.15, 0.2) is 42.6 Å². The van der Waals surface area contributed by atoms with E-state index in [1.807, 2.05) is 31.3 Å². The minimum absolute atomic E-state index is 0.422. The molecule has 3 rings (SSSR count). The molecule has 3 N–H and O–H groups in total. The third-order valence-corrected chi connectivity index (χ3v) is 3.94. The quantitative estimate of drug-likeness (QED) is 0.724. The first kappa shape index (κ1) is 15.4. The van der Waals surface area contributed by atoms with Gasteiger partial charge in [0.2, 0.25) is 5.88 Å². The number of aromatic nitrogens is 3. The second-order valence-corrected chi connectivity index (χ2v) is 5.83. The molecule has 2 aromatic heterocycles. The number of nitrogens with zero attached hydrogens (tertiary/aromatic N) is 3. The first-order chi connectivity index (χ1) is 11.2. The summed E-state index contributed by atoms with van der Waals surface area (Å²) in [5, 5.41) is 3.97. The topological polar surface area (TPSA) is 86.0 Å². The van der Waals surface area contributed by atoms with E-state index in [-0.39, 0.29) is 0 Å². The number of nitrogens with two attached hydrogens (primary N) is 1. The number of hydrogen-bond acceptors (Lipinski definition) is 7. The Morgan fingerprint density at radius 3 is 2.83 bits per heavy atom. The molecule has 0 spiro atoms. The van der Waals surface area contributed by atoms with E-state index in [2.05, 4.69) is 32.4 Å². The van der Waals surface area contributed by atoms with Crippen molar-refractivity contribution < 1.29 is 4.74 Å². The van der Waals surface area contributed by atoms with Gasteiger partial charge in [0.15, 0.2) is 5.13 Å². The Morgan fingerprint density at radius 2 is 2.04 bits per heavy atom. The van der Waals surface area contributed by atoms with Crippen molar-refractivity contribution in [2.45, 2.75) is 6.92 Å². The van der Waals surface area contributed by atoms with Gasteiger partial charge in [-0.3, -0.25) is 0 Å². The van der Waals surface area contributed by atoms with E-state index >= 15 is 0 Å². The molecule has 3 aromatic rings. The van der Waals surface area contributed by atoms with Gasteiger partial charge < -0.3 is 15.8 Å². The van der Waals surface area contributed by atoms with E-state index in [9.17, 15) is 0 Å². The van der Waals surface area contributed by atoms with Crippen LogP contribution in [0.4, 0.5) is 10.9 Å². The number of anilines is 2. The number of benzene rings is 1. The van der Waals surface area contributed by atoms with Crippen LogP contribution in [0, 0.1) is 6.92 Å². The van der Waals surface area contributed by atoms with E-state index in [4.69, 9.17) is 10.5 Å². The van der Waals surface area contributed by atoms with Crippen molar-refractivity contribution in [1.29, 1.82) is 0 Å². The molecule has 0 bridgehead atoms. The van der Waals surface area contributed by atoms with Crippen molar-refractivity contribution in [2.24, 2.45) is 5.73 Å². The molecule has 0 saturated carbocycles. The van der Waals surface area contributed by atoms with Crippen LogP contribution in [0.2, 0.25) is 0 Å². The Morgan fingerprint density at radius 1 is 1.22 bits per heavy atom. The Bertz CT molecular complexity index is 775. The normalized spacial score (nSPS) is 10.5. The van der Waals surface area contributed by atoms with Gasteiger partial charge in [-0.1, -0.05) is 41.7 Å². The molecule has 0 aliphatic rings. The number of rotatable bonds is 6. The summed E-state index contributed by atoms with van der Waals surface area (Å²) in [4.78, 5) is 14.1. The van der Waals surface area contributed by atoms with Gasteiger partial charge in [-0.05, 0) is 12.5 Å². The van der Waals surface area contributed by atoms with Crippen molar-refractivity contribution >= 4 is 22.3 Å². The molecule has 0 aliphatic carbocycles. The number of aryl methyl sites for hydroxylation is 1. The fourth-order valence-electron chi connectivity index (χ4n) is 2.02. The van der Waals surface area contributed by atoms with E-state index in [1.54, 1.807) is 17.4 Å². The van der Waals surface area contributed by atoms with Gasteiger partial charge in [-0.2, -0.15) is 4.98 Å². The Labute approximate surface area is 138 Å². The first-order valence-corrected chi connectivity index (χ1v) is 8.03. The molecule has 0 fully saturated rings. The van der Waals surface area contributed by atoms with E-state index < -0.39 is 0 Å². The molecule has 23 heavy (non-hydrogen) atoms. The molecule has 7 heteroatoms. The summed E-state index contributed by atoms with van der Waals surface area (Å²) in [7, 11) is 0. The maximum Gasteiger partial charge on any atom is 0.218 e. The minimum Gasteiger partial charge on any atom is -0.476 e. The molecule has 2 heterocycles. The smallest absolute Gasteiger partial charge is 0.218 e. The predicted octanol–water partition coefficient (Wildman–Crippen LogP) is 2.99. The Hall–Kier alpha value is -2.51. The zero-order valence-electron chi connectivity index (χ0n) is 12.7. The monoisotopic (exact) mass is 327 g/mol. The number of thiazole rings is 1. The lowest BCUT2D eigenvalue weighted by molar-refractivity contribution is 0.314. The van der Waals surface area contributed by atoms with Crippen LogP contribution < -0.4 is 15.8 Å². The average Bonchev–Trinajstić information content (AvgIpc) is 3.02. The molecule has 0 radical (unpaired) electrons. The van der Waals surface area contributed by atoms with Gasteiger partial charge in [-0.15, -0.1) is 0 Å². The van der Waals surface area contributed by atoms with Crippen LogP contribution in [-0.2, 0) is 0 Å².